The minimum Gasteiger partial charge on any atom is -0.493 e. The van der Waals surface area contributed by atoms with Gasteiger partial charge in [-0.05, 0) is 63.4 Å². The number of hydrogen-bond acceptors (Lipinski definition) is 3. The second-order valence-corrected chi connectivity index (χ2v) is 5.95. The third kappa shape index (κ3) is 4.80. The molecule has 3 heteroatoms. The largest absolute Gasteiger partial charge is 0.493 e. The molecule has 0 aliphatic carbocycles. The first-order chi connectivity index (χ1) is 9.41. The molecule has 1 rings (SSSR count). The van der Waals surface area contributed by atoms with Gasteiger partial charge < -0.3 is 15.2 Å². The highest BCUT2D eigenvalue weighted by Crippen LogP contribution is 2.24. The number of aliphatic hydroxyl groups excluding tert-OH is 1. The van der Waals surface area contributed by atoms with Gasteiger partial charge in [-0.2, -0.15) is 0 Å². The van der Waals surface area contributed by atoms with Crippen LogP contribution in [0.25, 0.3) is 0 Å². The van der Waals surface area contributed by atoms with Crippen LogP contribution in [0.3, 0.4) is 0 Å². The van der Waals surface area contributed by atoms with Crippen LogP contribution >= 0.6 is 0 Å². The molecular weight excluding hydrogens is 250 g/mol. The third-order valence-corrected chi connectivity index (χ3v) is 3.83. The first-order valence-corrected chi connectivity index (χ1v) is 7.48. The molecule has 0 fully saturated rings. The second-order valence-electron chi connectivity index (χ2n) is 5.95. The van der Waals surface area contributed by atoms with Crippen LogP contribution in [0.1, 0.15) is 43.4 Å². The Balaban J connectivity index is 2.59. The van der Waals surface area contributed by atoms with E-state index < -0.39 is 0 Å². The molecule has 2 N–H and O–H groups in total. The Bertz CT molecular complexity index is 431. The first-order valence-electron chi connectivity index (χ1n) is 7.48. The number of aliphatic hydroxyl groups is 1. The molecule has 0 aromatic heterocycles. The molecule has 3 nitrogen and oxygen atoms in total. The van der Waals surface area contributed by atoms with E-state index in [0.717, 1.165) is 25.1 Å². The van der Waals surface area contributed by atoms with Gasteiger partial charge in [-0.1, -0.05) is 13.0 Å². The summed E-state index contributed by atoms with van der Waals surface area (Å²) in [5.74, 6) is 0.957. The van der Waals surface area contributed by atoms with Crippen LogP contribution in [0.15, 0.2) is 12.1 Å². The highest BCUT2D eigenvalue weighted by molar-refractivity contribution is 5.41. The molecule has 0 saturated heterocycles. The molecule has 1 unspecified atom stereocenters. The smallest absolute Gasteiger partial charge is 0.122 e. The van der Waals surface area contributed by atoms with Crippen LogP contribution in [-0.2, 0) is 0 Å². The molecule has 0 spiro atoms. The Morgan fingerprint density at radius 3 is 2.55 bits per heavy atom. The van der Waals surface area contributed by atoms with Crippen molar-refractivity contribution in [1.29, 1.82) is 0 Å². The maximum Gasteiger partial charge on any atom is 0.122 e. The van der Waals surface area contributed by atoms with Gasteiger partial charge in [-0.3, -0.25) is 0 Å². The van der Waals surface area contributed by atoms with E-state index in [0.29, 0.717) is 6.61 Å². The zero-order valence-corrected chi connectivity index (χ0v) is 13.5. The zero-order valence-electron chi connectivity index (χ0n) is 13.5. The standard InChI is InChI=1S/C17H29NO2/c1-6-8-18-17(5,12-19)7-9-20-16-11-13(2)10-14(3)15(16)4/h10-11,18-19H,6-9,12H2,1-5H3. The molecule has 0 aliphatic heterocycles. The molecule has 0 saturated carbocycles. The van der Waals surface area contributed by atoms with E-state index in [1.165, 1.54) is 16.7 Å². The number of aryl methyl sites for hydroxylation is 2. The van der Waals surface area contributed by atoms with E-state index in [4.69, 9.17) is 4.74 Å². The number of rotatable bonds is 8. The van der Waals surface area contributed by atoms with Gasteiger partial charge in [0.05, 0.1) is 13.2 Å². The van der Waals surface area contributed by atoms with E-state index >= 15 is 0 Å². The average Bonchev–Trinajstić information content (AvgIpc) is 2.42. The molecule has 0 amide bonds. The predicted molar refractivity (Wildman–Crippen MR) is 84.5 cm³/mol. The molecule has 0 bridgehead atoms. The van der Waals surface area contributed by atoms with Crippen LogP contribution in [-0.4, -0.2) is 30.4 Å². The first kappa shape index (κ1) is 17.0. The van der Waals surface area contributed by atoms with Crippen LogP contribution < -0.4 is 10.1 Å². The fraction of sp³-hybridized carbons (Fsp3) is 0.647. The molecule has 114 valence electrons. The molecule has 1 atom stereocenters. The fourth-order valence-electron chi connectivity index (χ4n) is 2.19. The van der Waals surface area contributed by atoms with Gasteiger partial charge in [0.25, 0.3) is 0 Å². The van der Waals surface area contributed by atoms with Crippen LogP contribution in [0.5, 0.6) is 5.75 Å². The Morgan fingerprint density at radius 1 is 1.25 bits per heavy atom. The Labute approximate surface area is 123 Å². The van der Waals surface area contributed by atoms with Gasteiger partial charge in [0.1, 0.15) is 5.75 Å². The lowest BCUT2D eigenvalue weighted by atomic mass is 9.99. The predicted octanol–water partition coefficient (Wildman–Crippen LogP) is 3.13. The van der Waals surface area contributed by atoms with E-state index in [-0.39, 0.29) is 12.1 Å². The summed E-state index contributed by atoms with van der Waals surface area (Å²) in [5, 5.41) is 12.9. The molecular formula is C17H29NO2. The molecule has 0 aliphatic rings. The minimum atomic E-state index is -0.261. The van der Waals surface area contributed by atoms with E-state index in [2.05, 4.69) is 45.1 Å². The lowest BCUT2D eigenvalue weighted by Crippen LogP contribution is -2.47. The minimum absolute atomic E-state index is 0.127. The Morgan fingerprint density at radius 2 is 1.95 bits per heavy atom. The van der Waals surface area contributed by atoms with E-state index in [1.54, 1.807) is 0 Å². The van der Waals surface area contributed by atoms with Crippen molar-refractivity contribution in [1.82, 2.24) is 5.32 Å². The maximum atomic E-state index is 9.53. The van der Waals surface area contributed by atoms with Gasteiger partial charge in [0, 0.05) is 12.0 Å². The lowest BCUT2D eigenvalue weighted by molar-refractivity contribution is 0.144. The van der Waals surface area contributed by atoms with Crippen LogP contribution in [0, 0.1) is 20.8 Å². The summed E-state index contributed by atoms with van der Waals surface area (Å²) >= 11 is 0. The van der Waals surface area contributed by atoms with Crippen molar-refractivity contribution in [3.63, 3.8) is 0 Å². The fourth-order valence-corrected chi connectivity index (χ4v) is 2.19. The molecule has 0 radical (unpaired) electrons. The number of ether oxygens (including phenoxy) is 1. The summed E-state index contributed by atoms with van der Waals surface area (Å²) in [6.07, 6.45) is 1.85. The van der Waals surface area contributed by atoms with Crippen LogP contribution in [0.4, 0.5) is 0 Å². The number of benzene rings is 1. The van der Waals surface area contributed by atoms with Crippen molar-refractivity contribution < 1.29 is 9.84 Å². The summed E-state index contributed by atoms with van der Waals surface area (Å²) in [5.41, 5.74) is 3.41. The topological polar surface area (TPSA) is 41.5 Å². The van der Waals surface area contributed by atoms with Crippen molar-refractivity contribution in [3.05, 3.63) is 28.8 Å². The van der Waals surface area contributed by atoms with Crippen molar-refractivity contribution in [3.8, 4) is 5.75 Å². The molecule has 1 aromatic rings. The van der Waals surface area contributed by atoms with Crippen molar-refractivity contribution in [2.75, 3.05) is 19.8 Å². The van der Waals surface area contributed by atoms with Gasteiger partial charge >= 0.3 is 0 Å². The van der Waals surface area contributed by atoms with Crippen LogP contribution in [0.2, 0.25) is 0 Å². The van der Waals surface area contributed by atoms with Gasteiger partial charge in [0.15, 0.2) is 0 Å². The Hall–Kier alpha value is -1.06. The second kappa shape index (κ2) is 7.65. The van der Waals surface area contributed by atoms with E-state index in [9.17, 15) is 5.11 Å². The summed E-state index contributed by atoms with van der Waals surface area (Å²) in [7, 11) is 0. The summed E-state index contributed by atoms with van der Waals surface area (Å²) in [4.78, 5) is 0. The number of hydrogen-bond donors (Lipinski definition) is 2. The Kier molecular flexibility index (Phi) is 6.50. The lowest BCUT2D eigenvalue weighted by Gasteiger charge is -2.29. The van der Waals surface area contributed by atoms with Crippen molar-refractivity contribution >= 4 is 0 Å². The van der Waals surface area contributed by atoms with Gasteiger partial charge in [0.2, 0.25) is 0 Å². The third-order valence-electron chi connectivity index (χ3n) is 3.83. The highest BCUT2D eigenvalue weighted by Gasteiger charge is 2.22. The van der Waals surface area contributed by atoms with E-state index in [1.807, 2.05) is 6.92 Å². The quantitative estimate of drug-likeness (QED) is 0.768. The van der Waals surface area contributed by atoms with Gasteiger partial charge in [-0.25, -0.2) is 0 Å². The zero-order chi connectivity index (χ0) is 15.2. The summed E-state index contributed by atoms with van der Waals surface area (Å²) < 4.78 is 5.92. The summed E-state index contributed by atoms with van der Waals surface area (Å²) in [6, 6.07) is 4.25. The summed E-state index contributed by atoms with van der Waals surface area (Å²) in [6.45, 7) is 12.1. The molecule has 1 aromatic carbocycles. The molecule has 0 heterocycles. The van der Waals surface area contributed by atoms with Crippen molar-refractivity contribution in [2.45, 2.75) is 53.0 Å². The van der Waals surface area contributed by atoms with Crippen molar-refractivity contribution in [2.24, 2.45) is 0 Å². The highest BCUT2D eigenvalue weighted by atomic mass is 16.5. The number of nitrogens with one attached hydrogen (secondary N) is 1. The molecule has 20 heavy (non-hydrogen) atoms. The average molecular weight is 279 g/mol. The monoisotopic (exact) mass is 279 g/mol. The normalized spacial score (nSPS) is 14.1. The van der Waals surface area contributed by atoms with Gasteiger partial charge in [-0.15, -0.1) is 0 Å². The maximum absolute atomic E-state index is 9.53. The SMILES string of the molecule is CCCNC(C)(CO)CCOc1cc(C)cc(C)c1C.